The van der Waals surface area contributed by atoms with E-state index in [1.807, 2.05) is 0 Å². The van der Waals surface area contributed by atoms with Gasteiger partial charge >= 0.3 is 0 Å². The number of methoxy groups -OCH3 is 6. The summed E-state index contributed by atoms with van der Waals surface area (Å²) in [7, 11) is 8.94. The molecule has 0 N–H and O–H groups in total. The zero-order valence-electron chi connectivity index (χ0n) is 17.8. The zero-order valence-corrected chi connectivity index (χ0v) is 17.8. The number of nitrogens with zero attached hydrogens (tertiary/aromatic N) is 1. The molecule has 0 aliphatic carbocycles. The van der Waals surface area contributed by atoms with Crippen LogP contribution in [0.15, 0.2) is 30.0 Å². The molecule has 0 aliphatic heterocycles. The minimum Gasteiger partial charge on any atom is -0.496 e. The SMILES string of the molecule is COc1cc(OC)c(OC)cc1/C=C(\Cc1cc(OC)c(OC)cc1OC)[N+](=O)[O-]. The van der Waals surface area contributed by atoms with Crippen molar-refractivity contribution in [1.29, 1.82) is 0 Å². The summed E-state index contributed by atoms with van der Waals surface area (Å²) >= 11 is 0. The highest BCUT2D eigenvalue weighted by Crippen LogP contribution is 2.38. The Morgan fingerprint density at radius 2 is 1.17 bits per heavy atom. The second kappa shape index (κ2) is 10.2. The van der Waals surface area contributed by atoms with Gasteiger partial charge in [0.2, 0.25) is 0 Å². The van der Waals surface area contributed by atoms with E-state index in [4.69, 9.17) is 28.4 Å². The fourth-order valence-electron chi connectivity index (χ4n) is 2.94. The lowest BCUT2D eigenvalue weighted by atomic mass is 10.0. The Morgan fingerprint density at radius 3 is 1.63 bits per heavy atom. The predicted octanol–water partition coefficient (Wildman–Crippen LogP) is 3.60. The van der Waals surface area contributed by atoms with E-state index < -0.39 is 4.92 Å². The lowest BCUT2D eigenvalue weighted by Crippen LogP contribution is -2.05. The molecule has 30 heavy (non-hydrogen) atoms. The predicted molar refractivity (Wildman–Crippen MR) is 111 cm³/mol. The molecule has 0 radical (unpaired) electrons. The van der Waals surface area contributed by atoms with Crippen molar-refractivity contribution in [3.63, 3.8) is 0 Å². The monoisotopic (exact) mass is 419 g/mol. The molecule has 0 aromatic heterocycles. The van der Waals surface area contributed by atoms with Gasteiger partial charge in [-0.1, -0.05) is 0 Å². The first-order chi connectivity index (χ1) is 14.4. The van der Waals surface area contributed by atoms with E-state index in [1.54, 1.807) is 24.3 Å². The Bertz CT molecular complexity index is 939. The molecule has 0 amide bonds. The van der Waals surface area contributed by atoms with Gasteiger partial charge in [0.1, 0.15) is 11.5 Å². The van der Waals surface area contributed by atoms with E-state index in [2.05, 4.69) is 0 Å². The third kappa shape index (κ3) is 4.86. The molecule has 0 heterocycles. The van der Waals surface area contributed by atoms with Crippen molar-refractivity contribution in [2.75, 3.05) is 42.7 Å². The molecule has 9 nitrogen and oxygen atoms in total. The van der Waals surface area contributed by atoms with Gasteiger partial charge < -0.3 is 28.4 Å². The van der Waals surface area contributed by atoms with E-state index in [9.17, 15) is 10.1 Å². The summed E-state index contributed by atoms with van der Waals surface area (Å²) in [6.45, 7) is 0. The van der Waals surface area contributed by atoms with Gasteiger partial charge in [-0.25, -0.2) is 0 Å². The van der Waals surface area contributed by atoms with Crippen LogP contribution in [0.3, 0.4) is 0 Å². The summed E-state index contributed by atoms with van der Waals surface area (Å²) in [4.78, 5) is 11.4. The van der Waals surface area contributed by atoms with Crippen molar-refractivity contribution in [3.8, 4) is 34.5 Å². The van der Waals surface area contributed by atoms with Gasteiger partial charge in [0, 0.05) is 29.3 Å². The minimum absolute atomic E-state index is 0.0198. The maximum Gasteiger partial charge on any atom is 0.251 e. The van der Waals surface area contributed by atoms with Crippen molar-refractivity contribution in [2.45, 2.75) is 6.42 Å². The van der Waals surface area contributed by atoms with Crippen molar-refractivity contribution in [3.05, 3.63) is 51.2 Å². The first-order valence-corrected chi connectivity index (χ1v) is 8.86. The maximum atomic E-state index is 11.8. The van der Waals surface area contributed by atoms with Crippen molar-refractivity contribution in [2.24, 2.45) is 0 Å². The van der Waals surface area contributed by atoms with Crippen LogP contribution in [0.5, 0.6) is 34.5 Å². The molecular formula is C21H25NO8. The molecule has 2 aromatic rings. The molecule has 2 aromatic carbocycles. The smallest absolute Gasteiger partial charge is 0.251 e. The Labute approximate surface area is 174 Å². The van der Waals surface area contributed by atoms with Gasteiger partial charge in [0.05, 0.1) is 54.0 Å². The van der Waals surface area contributed by atoms with Crippen LogP contribution in [-0.2, 0) is 6.42 Å². The molecule has 0 unspecified atom stereocenters. The van der Waals surface area contributed by atoms with Crippen LogP contribution in [0.2, 0.25) is 0 Å². The molecular weight excluding hydrogens is 394 g/mol. The molecule has 0 spiro atoms. The van der Waals surface area contributed by atoms with E-state index in [-0.39, 0.29) is 12.1 Å². The molecule has 2 rings (SSSR count). The standard InChI is InChI=1S/C21H25NO8/c1-25-16-11-20(29-5)18(27-3)9-13(16)7-15(22(23)24)8-14-10-19(28-4)21(30-6)12-17(14)26-2/h7,9-12H,8H2,1-6H3/b15-7+. The largest absolute Gasteiger partial charge is 0.496 e. The van der Waals surface area contributed by atoms with Crippen molar-refractivity contribution in [1.82, 2.24) is 0 Å². The molecule has 162 valence electrons. The Kier molecular flexibility index (Phi) is 7.74. The summed E-state index contributed by atoms with van der Waals surface area (Å²) < 4.78 is 31.9. The molecule has 0 fully saturated rings. The van der Waals surface area contributed by atoms with Crippen LogP contribution < -0.4 is 28.4 Å². The van der Waals surface area contributed by atoms with E-state index in [0.717, 1.165) is 0 Å². The summed E-state index contributed by atoms with van der Waals surface area (Å²) in [6, 6.07) is 6.51. The average molecular weight is 419 g/mol. The molecule has 0 saturated heterocycles. The third-order valence-electron chi connectivity index (χ3n) is 4.45. The number of rotatable bonds is 10. The summed E-state index contributed by atoms with van der Waals surface area (Å²) in [5.41, 5.74) is 0.963. The Balaban J connectivity index is 2.57. The van der Waals surface area contributed by atoms with Crippen LogP contribution in [0.25, 0.3) is 6.08 Å². The Hall–Kier alpha value is -3.62. The minimum atomic E-state index is -0.452. The molecule has 0 atom stereocenters. The second-order valence-corrected chi connectivity index (χ2v) is 6.04. The summed E-state index contributed by atoms with van der Waals surface area (Å²) in [6.07, 6.45) is 1.41. The highest BCUT2D eigenvalue weighted by atomic mass is 16.6. The quantitative estimate of drug-likeness (QED) is 0.426. The molecule has 0 saturated carbocycles. The number of hydrogen-bond donors (Lipinski definition) is 0. The van der Waals surface area contributed by atoms with Crippen LogP contribution >= 0.6 is 0 Å². The molecule has 0 bridgehead atoms. The van der Waals surface area contributed by atoms with Crippen LogP contribution in [0, 0.1) is 10.1 Å². The number of ether oxygens (including phenoxy) is 6. The van der Waals surface area contributed by atoms with E-state index in [1.165, 1.54) is 48.7 Å². The fourth-order valence-corrected chi connectivity index (χ4v) is 2.94. The topological polar surface area (TPSA) is 98.5 Å². The number of hydrogen-bond acceptors (Lipinski definition) is 8. The summed E-state index contributed by atoms with van der Waals surface area (Å²) in [5, 5.41) is 11.8. The summed E-state index contributed by atoms with van der Waals surface area (Å²) in [5.74, 6) is 2.64. The first-order valence-electron chi connectivity index (χ1n) is 8.86. The normalized spacial score (nSPS) is 10.9. The average Bonchev–Trinajstić information content (AvgIpc) is 2.77. The molecule has 0 aliphatic rings. The lowest BCUT2D eigenvalue weighted by Gasteiger charge is -2.14. The lowest BCUT2D eigenvalue weighted by molar-refractivity contribution is -0.425. The van der Waals surface area contributed by atoms with Crippen molar-refractivity contribution < 1.29 is 33.3 Å². The zero-order chi connectivity index (χ0) is 22.3. The number of benzene rings is 2. The third-order valence-corrected chi connectivity index (χ3v) is 4.45. The van der Waals surface area contributed by atoms with Gasteiger partial charge in [0.25, 0.3) is 5.70 Å². The van der Waals surface area contributed by atoms with Gasteiger partial charge in [-0.3, -0.25) is 10.1 Å². The van der Waals surface area contributed by atoms with Gasteiger partial charge in [0.15, 0.2) is 23.0 Å². The van der Waals surface area contributed by atoms with Gasteiger partial charge in [-0.05, 0) is 12.1 Å². The van der Waals surface area contributed by atoms with Crippen LogP contribution in [-0.4, -0.2) is 47.6 Å². The fraction of sp³-hybridized carbons (Fsp3) is 0.333. The Morgan fingerprint density at radius 1 is 0.733 bits per heavy atom. The molecule has 9 heteroatoms. The highest BCUT2D eigenvalue weighted by Gasteiger charge is 2.20. The van der Waals surface area contributed by atoms with E-state index >= 15 is 0 Å². The van der Waals surface area contributed by atoms with Gasteiger partial charge in [-0.15, -0.1) is 0 Å². The second-order valence-electron chi connectivity index (χ2n) is 6.04. The number of nitro groups is 1. The van der Waals surface area contributed by atoms with Crippen molar-refractivity contribution >= 4 is 6.08 Å². The van der Waals surface area contributed by atoms with E-state index in [0.29, 0.717) is 45.6 Å². The number of allylic oxidation sites excluding steroid dienone is 1. The maximum absolute atomic E-state index is 11.8. The van der Waals surface area contributed by atoms with Gasteiger partial charge in [-0.2, -0.15) is 0 Å². The van der Waals surface area contributed by atoms with Crippen LogP contribution in [0.1, 0.15) is 11.1 Å². The first kappa shape index (κ1) is 22.7. The van der Waals surface area contributed by atoms with Crippen LogP contribution in [0.4, 0.5) is 0 Å². The highest BCUT2D eigenvalue weighted by molar-refractivity contribution is 5.65.